The van der Waals surface area contributed by atoms with Gasteiger partial charge in [0.15, 0.2) is 5.78 Å². The van der Waals surface area contributed by atoms with Gasteiger partial charge in [0.2, 0.25) is 0 Å². The predicted octanol–water partition coefficient (Wildman–Crippen LogP) is 3.22. The van der Waals surface area contributed by atoms with Crippen molar-refractivity contribution in [3.8, 4) is 0 Å². The third kappa shape index (κ3) is 2.78. The highest BCUT2D eigenvalue weighted by Crippen LogP contribution is 2.18. The SMILES string of the molecule is O=C(Cc1ccsc1)c1cc(F)cc([N+](=O)[O-])c1. The fraction of sp³-hybridized carbons (Fsp3) is 0.0833. The van der Waals surface area contributed by atoms with Crippen LogP contribution in [0.1, 0.15) is 15.9 Å². The third-order valence-corrected chi connectivity index (χ3v) is 3.09. The molecule has 0 N–H and O–H groups in total. The summed E-state index contributed by atoms with van der Waals surface area (Å²) in [5.74, 6) is -1.12. The highest BCUT2D eigenvalue weighted by atomic mass is 32.1. The number of hydrogen-bond donors (Lipinski definition) is 0. The minimum absolute atomic E-state index is 0.0212. The topological polar surface area (TPSA) is 60.2 Å². The normalized spacial score (nSPS) is 10.3. The van der Waals surface area contributed by atoms with Gasteiger partial charge in [0.25, 0.3) is 5.69 Å². The smallest absolute Gasteiger partial charge is 0.273 e. The van der Waals surface area contributed by atoms with E-state index < -0.39 is 16.4 Å². The van der Waals surface area contributed by atoms with Crippen LogP contribution in [0.15, 0.2) is 35.0 Å². The molecule has 6 heteroatoms. The lowest BCUT2D eigenvalue weighted by atomic mass is 10.0. The van der Waals surface area contributed by atoms with E-state index in [-0.39, 0.29) is 17.8 Å². The van der Waals surface area contributed by atoms with Crippen LogP contribution in [0, 0.1) is 15.9 Å². The molecule has 4 nitrogen and oxygen atoms in total. The van der Waals surface area contributed by atoms with E-state index in [1.165, 1.54) is 11.3 Å². The lowest BCUT2D eigenvalue weighted by Crippen LogP contribution is -2.04. The summed E-state index contributed by atoms with van der Waals surface area (Å²) in [6.07, 6.45) is 0.115. The number of non-ortho nitro benzene ring substituents is 1. The molecule has 0 aliphatic carbocycles. The van der Waals surface area contributed by atoms with Crippen molar-refractivity contribution in [3.05, 3.63) is 62.1 Å². The van der Waals surface area contributed by atoms with Crippen LogP contribution < -0.4 is 0 Å². The van der Waals surface area contributed by atoms with Crippen molar-refractivity contribution in [2.75, 3.05) is 0 Å². The largest absolute Gasteiger partial charge is 0.294 e. The number of halogens is 1. The Morgan fingerprint density at radius 3 is 2.78 bits per heavy atom. The minimum Gasteiger partial charge on any atom is -0.294 e. The zero-order chi connectivity index (χ0) is 13.1. The molecule has 0 aliphatic rings. The first-order chi connectivity index (χ1) is 8.56. The molecule has 0 saturated heterocycles. The molecule has 0 bridgehead atoms. The zero-order valence-corrected chi connectivity index (χ0v) is 9.95. The van der Waals surface area contributed by atoms with Gasteiger partial charge in [-0.25, -0.2) is 4.39 Å². The maximum atomic E-state index is 13.2. The zero-order valence-electron chi connectivity index (χ0n) is 9.13. The highest BCUT2D eigenvalue weighted by Gasteiger charge is 2.15. The maximum Gasteiger partial charge on any atom is 0.273 e. The summed E-state index contributed by atoms with van der Waals surface area (Å²) in [5, 5.41) is 14.2. The number of benzene rings is 1. The first-order valence-corrected chi connectivity index (χ1v) is 6.00. The average molecular weight is 265 g/mol. The molecule has 0 radical (unpaired) electrons. The van der Waals surface area contributed by atoms with Crippen molar-refractivity contribution in [1.29, 1.82) is 0 Å². The molecule has 1 heterocycles. The standard InChI is InChI=1S/C12H8FNO3S/c13-10-4-9(5-11(6-10)14(16)17)12(15)3-8-1-2-18-7-8/h1-2,4-7H,3H2. The molecule has 0 saturated carbocycles. The van der Waals surface area contributed by atoms with Gasteiger partial charge in [-0.2, -0.15) is 11.3 Å². The van der Waals surface area contributed by atoms with Gasteiger partial charge in [-0.15, -0.1) is 0 Å². The van der Waals surface area contributed by atoms with Crippen LogP contribution in [0.4, 0.5) is 10.1 Å². The van der Waals surface area contributed by atoms with E-state index in [9.17, 15) is 19.3 Å². The van der Waals surface area contributed by atoms with Crippen LogP contribution >= 0.6 is 11.3 Å². The molecule has 0 amide bonds. The summed E-state index contributed by atoms with van der Waals surface area (Å²) < 4.78 is 13.2. The Hall–Kier alpha value is -2.08. The summed E-state index contributed by atoms with van der Waals surface area (Å²) in [6.45, 7) is 0. The van der Waals surface area contributed by atoms with E-state index >= 15 is 0 Å². The molecule has 0 aliphatic heterocycles. The van der Waals surface area contributed by atoms with E-state index in [1.807, 2.05) is 10.8 Å². The minimum atomic E-state index is -0.780. The molecule has 18 heavy (non-hydrogen) atoms. The van der Waals surface area contributed by atoms with Gasteiger partial charge >= 0.3 is 0 Å². The van der Waals surface area contributed by atoms with Crippen molar-refractivity contribution in [2.45, 2.75) is 6.42 Å². The Balaban J connectivity index is 2.27. The van der Waals surface area contributed by atoms with Gasteiger partial charge in [-0.3, -0.25) is 14.9 Å². The second-order valence-corrected chi connectivity index (χ2v) is 4.47. The number of thiophene rings is 1. The number of carbonyl (C=O) groups is 1. The molecule has 0 fully saturated rings. The predicted molar refractivity (Wildman–Crippen MR) is 65.4 cm³/mol. The average Bonchev–Trinajstić information content (AvgIpc) is 2.80. The van der Waals surface area contributed by atoms with Crippen LogP contribution in [-0.2, 0) is 6.42 Å². The van der Waals surface area contributed by atoms with E-state index in [1.54, 1.807) is 6.07 Å². The summed E-state index contributed by atoms with van der Waals surface area (Å²) in [7, 11) is 0. The monoisotopic (exact) mass is 265 g/mol. The van der Waals surface area contributed by atoms with Crippen LogP contribution in [0.5, 0.6) is 0 Å². The van der Waals surface area contributed by atoms with E-state index in [4.69, 9.17) is 0 Å². The molecule has 1 aromatic heterocycles. The molecular weight excluding hydrogens is 257 g/mol. The molecule has 2 aromatic rings. The van der Waals surface area contributed by atoms with Crippen LogP contribution in [0.3, 0.4) is 0 Å². The Kier molecular flexibility index (Phi) is 3.47. The number of rotatable bonds is 4. The highest BCUT2D eigenvalue weighted by molar-refractivity contribution is 7.08. The number of hydrogen-bond acceptors (Lipinski definition) is 4. The quantitative estimate of drug-likeness (QED) is 0.484. The van der Waals surface area contributed by atoms with Crippen molar-refractivity contribution in [3.63, 3.8) is 0 Å². The summed E-state index contributed by atoms with van der Waals surface area (Å²) >= 11 is 1.45. The van der Waals surface area contributed by atoms with Crippen molar-refractivity contribution in [2.24, 2.45) is 0 Å². The van der Waals surface area contributed by atoms with Gasteiger partial charge in [0.05, 0.1) is 11.0 Å². The first kappa shape index (κ1) is 12.4. The van der Waals surface area contributed by atoms with Gasteiger partial charge in [-0.05, 0) is 28.5 Å². The summed E-state index contributed by atoms with van der Waals surface area (Å²) in [5.41, 5.74) is 0.425. The van der Waals surface area contributed by atoms with Crippen LogP contribution in [0.2, 0.25) is 0 Å². The Morgan fingerprint density at radius 2 is 2.17 bits per heavy atom. The van der Waals surface area contributed by atoms with Crippen LogP contribution in [0.25, 0.3) is 0 Å². The summed E-state index contributed by atoms with van der Waals surface area (Å²) in [6, 6.07) is 4.69. The molecular formula is C12H8FNO3S. The van der Waals surface area contributed by atoms with Crippen molar-refractivity contribution < 1.29 is 14.1 Å². The number of nitrogens with zero attached hydrogens (tertiary/aromatic N) is 1. The molecule has 0 atom stereocenters. The van der Waals surface area contributed by atoms with E-state index in [0.717, 1.165) is 23.8 Å². The molecule has 92 valence electrons. The lowest BCUT2D eigenvalue weighted by molar-refractivity contribution is -0.385. The lowest BCUT2D eigenvalue weighted by Gasteiger charge is -2.00. The number of nitro groups is 1. The first-order valence-electron chi connectivity index (χ1n) is 5.05. The van der Waals surface area contributed by atoms with Crippen molar-refractivity contribution in [1.82, 2.24) is 0 Å². The molecule has 0 spiro atoms. The Bertz CT molecular complexity index is 595. The number of carbonyl (C=O) groups excluding carboxylic acids is 1. The second-order valence-electron chi connectivity index (χ2n) is 3.69. The summed E-state index contributed by atoms with van der Waals surface area (Å²) in [4.78, 5) is 21.7. The van der Waals surface area contributed by atoms with Gasteiger partial charge < -0.3 is 0 Å². The molecule has 1 aromatic carbocycles. The number of ketones is 1. The fourth-order valence-corrected chi connectivity index (χ4v) is 2.19. The third-order valence-electron chi connectivity index (χ3n) is 2.36. The van der Waals surface area contributed by atoms with Crippen LogP contribution in [-0.4, -0.2) is 10.7 Å². The van der Waals surface area contributed by atoms with Crippen molar-refractivity contribution >= 4 is 22.8 Å². The van der Waals surface area contributed by atoms with E-state index in [2.05, 4.69) is 0 Å². The molecule has 2 rings (SSSR count). The van der Waals surface area contributed by atoms with Gasteiger partial charge in [0.1, 0.15) is 5.82 Å². The fourth-order valence-electron chi connectivity index (χ4n) is 1.52. The maximum absolute atomic E-state index is 13.2. The van der Waals surface area contributed by atoms with Gasteiger partial charge in [0, 0.05) is 18.1 Å². The van der Waals surface area contributed by atoms with E-state index in [0.29, 0.717) is 0 Å². The number of nitro benzene ring substituents is 1. The van der Waals surface area contributed by atoms with Gasteiger partial charge in [-0.1, -0.05) is 0 Å². The Labute approximate surface area is 106 Å². The number of Topliss-reactive ketones (excluding diaryl/α,β-unsaturated/α-hetero) is 1. The second kappa shape index (κ2) is 5.05. The Morgan fingerprint density at radius 1 is 1.39 bits per heavy atom. The molecule has 0 unspecified atom stereocenters.